The van der Waals surface area contributed by atoms with Crippen molar-refractivity contribution in [3.8, 4) is 39.5 Å². The number of aromatic nitrogens is 3. The molecule has 5 heteroatoms. The van der Waals surface area contributed by atoms with Crippen LogP contribution in [-0.4, -0.2) is 20.1 Å². The molecule has 0 fully saturated rings. The van der Waals surface area contributed by atoms with Crippen LogP contribution < -0.4 is 0 Å². The number of rotatable bonds is 7. The SMILES string of the molecule is CC(C)c1cc(-c2ncc(-c3cc(Sc4ccccn4)cc(C(C)(C)C)c3)nc2-c2ccccc2O)cc(C(C)C)c1. The van der Waals surface area contributed by atoms with E-state index in [1.165, 1.54) is 16.7 Å². The van der Waals surface area contributed by atoms with Crippen molar-refractivity contribution in [3.05, 3.63) is 108 Å². The number of benzene rings is 3. The van der Waals surface area contributed by atoms with Gasteiger partial charge in [-0.05, 0) is 88.5 Å². The number of hydrogen-bond acceptors (Lipinski definition) is 5. The van der Waals surface area contributed by atoms with E-state index in [-0.39, 0.29) is 11.2 Å². The van der Waals surface area contributed by atoms with Crippen LogP contribution >= 0.6 is 11.8 Å². The second-order valence-corrected chi connectivity index (χ2v) is 13.5. The Hall–Kier alpha value is -3.96. The van der Waals surface area contributed by atoms with Gasteiger partial charge in [-0.15, -0.1) is 0 Å². The Morgan fingerprint density at radius 3 is 2.02 bits per heavy atom. The third-order valence-electron chi connectivity index (χ3n) is 7.44. The van der Waals surface area contributed by atoms with E-state index < -0.39 is 0 Å². The number of para-hydroxylation sites is 1. The molecule has 0 bridgehead atoms. The Balaban J connectivity index is 1.72. The van der Waals surface area contributed by atoms with Crippen LogP contribution in [0.25, 0.3) is 33.8 Å². The Morgan fingerprint density at radius 1 is 0.714 bits per heavy atom. The quantitative estimate of drug-likeness (QED) is 0.210. The predicted molar refractivity (Wildman–Crippen MR) is 175 cm³/mol. The average Bonchev–Trinajstić information content (AvgIpc) is 2.97. The number of phenolic OH excluding ortho intramolecular Hbond substituents is 1. The van der Waals surface area contributed by atoms with Gasteiger partial charge in [-0.1, -0.05) is 84.5 Å². The maximum absolute atomic E-state index is 11.0. The first kappa shape index (κ1) is 29.5. The molecular weight excluding hydrogens is 534 g/mol. The monoisotopic (exact) mass is 573 g/mol. The fraction of sp³-hybridized carbons (Fsp3) is 0.270. The minimum atomic E-state index is -0.0616. The maximum atomic E-state index is 11.0. The second kappa shape index (κ2) is 12.1. The molecule has 0 atom stereocenters. The van der Waals surface area contributed by atoms with Crippen LogP contribution in [0.15, 0.2) is 101 Å². The lowest BCUT2D eigenvalue weighted by molar-refractivity contribution is 0.477. The van der Waals surface area contributed by atoms with Crippen molar-refractivity contribution < 1.29 is 5.11 Å². The molecule has 42 heavy (non-hydrogen) atoms. The van der Waals surface area contributed by atoms with Gasteiger partial charge in [0.05, 0.1) is 17.6 Å². The normalized spacial score (nSPS) is 11.8. The summed E-state index contributed by atoms with van der Waals surface area (Å²) >= 11 is 1.64. The molecule has 0 saturated heterocycles. The standard InChI is InChI=1S/C37H39N3OS/c1-23(2)25-16-26(24(3)4)18-28(17-25)35-36(31-12-8-9-13-33(31)41)40-32(22-39-35)27-19-29(37(5,6)7)21-30(20-27)42-34-14-10-11-15-38-34/h8-24,41H,1-7H3. The van der Waals surface area contributed by atoms with Crippen molar-refractivity contribution in [3.63, 3.8) is 0 Å². The third-order valence-corrected chi connectivity index (χ3v) is 8.37. The zero-order valence-corrected chi connectivity index (χ0v) is 26.3. The van der Waals surface area contributed by atoms with Gasteiger partial charge < -0.3 is 5.11 Å². The Morgan fingerprint density at radius 2 is 1.40 bits per heavy atom. The molecule has 2 heterocycles. The predicted octanol–water partition coefficient (Wildman–Crippen LogP) is 10.3. The summed E-state index contributed by atoms with van der Waals surface area (Å²) in [5, 5.41) is 11.9. The number of nitrogens with zero attached hydrogens (tertiary/aromatic N) is 3. The fourth-order valence-corrected chi connectivity index (χ4v) is 5.72. The minimum absolute atomic E-state index is 0.0616. The highest BCUT2D eigenvalue weighted by atomic mass is 32.2. The largest absolute Gasteiger partial charge is 0.507 e. The summed E-state index contributed by atoms with van der Waals surface area (Å²) in [7, 11) is 0. The number of phenols is 1. The van der Waals surface area contributed by atoms with Crippen molar-refractivity contribution in [2.24, 2.45) is 0 Å². The van der Waals surface area contributed by atoms with E-state index in [1.54, 1.807) is 17.8 Å². The second-order valence-electron chi connectivity index (χ2n) is 12.4. The van der Waals surface area contributed by atoms with Crippen LogP contribution in [0.5, 0.6) is 5.75 Å². The Kier molecular flexibility index (Phi) is 8.51. The van der Waals surface area contributed by atoms with Crippen molar-refractivity contribution in [1.82, 2.24) is 15.0 Å². The topological polar surface area (TPSA) is 58.9 Å². The minimum Gasteiger partial charge on any atom is -0.507 e. The van der Waals surface area contributed by atoms with Crippen LogP contribution in [0.2, 0.25) is 0 Å². The average molecular weight is 574 g/mol. The molecule has 0 radical (unpaired) electrons. The van der Waals surface area contributed by atoms with Gasteiger partial charge in [0.15, 0.2) is 0 Å². The first-order valence-corrected chi connectivity index (χ1v) is 15.4. The van der Waals surface area contributed by atoms with Crippen LogP contribution in [0.4, 0.5) is 0 Å². The lowest BCUT2D eigenvalue weighted by Gasteiger charge is -2.21. The molecule has 0 aliphatic heterocycles. The molecule has 0 spiro atoms. The summed E-state index contributed by atoms with van der Waals surface area (Å²) < 4.78 is 0. The Labute approximate surface area is 254 Å². The summed E-state index contributed by atoms with van der Waals surface area (Å²) in [6, 6.07) is 26.7. The first-order chi connectivity index (χ1) is 20.0. The zero-order valence-electron chi connectivity index (χ0n) is 25.5. The highest BCUT2D eigenvalue weighted by Gasteiger charge is 2.21. The summed E-state index contributed by atoms with van der Waals surface area (Å²) in [5.74, 6) is 0.931. The molecular formula is C37H39N3OS. The van der Waals surface area contributed by atoms with E-state index in [0.29, 0.717) is 23.1 Å². The van der Waals surface area contributed by atoms with Gasteiger partial charge in [0.25, 0.3) is 0 Å². The fourth-order valence-electron chi connectivity index (χ4n) is 4.85. The van der Waals surface area contributed by atoms with E-state index in [9.17, 15) is 5.11 Å². The molecule has 1 N–H and O–H groups in total. The van der Waals surface area contributed by atoms with Gasteiger partial charge in [-0.25, -0.2) is 9.97 Å². The molecule has 0 unspecified atom stereocenters. The summed E-state index contributed by atoms with van der Waals surface area (Å²) in [6.07, 6.45) is 3.69. The van der Waals surface area contributed by atoms with E-state index in [4.69, 9.17) is 9.97 Å². The van der Waals surface area contributed by atoms with Crippen molar-refractivity contribution >= 4 is 11.8 Å². The van der Waals surface area contributed by atoms with E-state index >= 15 is 0 Å². The zero-order chi connectivity index (χ0) is 30.0. The lowest BCUT2D eigenvalue weighted by Crippen LogP contribution is -2.11. The first-order valence-electron chi connectivity index (χ1n) is 14.5. The molecule has 5 aromatic rings. The van der Waals surface area contributed by atoms with Crippen LogP contribution in [0.1, 0.15) is 77.0 Å². The van der Waals surface area contributed by atoms with Gasteiger partial charge in [0, 0.05) is 27.8 Å². The number of pyridine rings is 1. The number of hydrogen-bond donors (Lipinski definition) is 1. The highest BCUT2D eigenvalue weighted by molar-refractivity contribution is 7.99. The molecule has 0 aliphatic carbocycles. The molecule has 214 valence electrons. The van der Waals surface area contributed by atoms with Crippen LogP contribution in [-0.2, 0) is 5.41 Å². The van der Waals surface area contributed by atoms with Crippen molar-refractivity contribution in [2.45, 2.75) is 75.6 Å². The van der Waals surface area contributed by atoms with Crippen molar-refractivity contribution in [2.75, 3.05) is 0 Å². The Bertz CT molecular complexity index is 1680. The van der Waals surface area contributed by atoms with Gasteiger partial charge in [-0.3, -0.25) is 4.98 Å². The summed E-state index contributed by atoms with van der Waals surface area (Å²) in [5.41, 5.74) is 8.52. The summed E-state index contributed by atoms with van der Waals surface area (Å²) in [6.45, 7) is 15.5. The lowest BCUT2D eigenvalue weighted by atomic mass is 9.86. The van der Waals surface area contributed by atoms with E-state index in [2.05, 4.69) is 89.8 Å². The van der Waals surface area contributed by atoms with Crippen molar-refractivity contribution in [1.29, 1.82) is 0 Å². The van der Waals surface area contributed by atoms with Crippen LogP contribution in [0.3, 0.4) is 0 Å². The molecule has 2 aromatic heterocycles. The van der Waals surface area contributed by atoms with E-state index in [0.717, 1.165) is 32.4 Å². The van der Waals surface area contributed by atoms with Gasteiger partial charge in [-0.2, -0.15) is 0 Å². The van der Waals surface area contributed by atoms with Gasteiger partial charge in [0.2, 0.25) is 0 Å². The molecule has 3 aromatic carbocycles. The molecule has 5 rings (SSSR count). The molecule has 0 aliphatic rings. The molecule has 0 amide bonds. The maximum Gasteiger partial charge on any atom is 0.125 e. The van der Waals surface area contributed by atoms with Crippen LogP contribution in [0, 0.1) is 0 Å². The van der Waals surface area contributed by atoms with Gasteiger partial charge in [0.1, 0.15) is 16.5 Å². The van der Waals surface area contributed by atoms with Gasteiger partial charge >= 0.3 is 0 Å². The smallest absolute Gasteiger partial charge is 0.125 e. The molecule has 4 nitrogen and oxygen atoms in total. The highest BCUT2D eigenvalue weighted by Crippen LogP contribution is 2.39. The molecule has 0 saturated carbocycles. The third kappa shape index (κ3) is 6.57. The summed E-state index contributed by atoms with van der Waals surface area (Å²) in [4.78, 5) is 15.9. The van der Waals surface area contributed by atoms with E-state index in [1.807, 2.05) is 48.8 Å². The number of aromatic hydroxyl groups is 1.